The fourth-order valence-electron chi connectivity index (χ4n) is 1.31. The minimum absolute atomic E-state index is 0.0255. The molecule has 0 radical (unpaired) electrons. The minimum Gasteiger partial charge on any atom is -0.385 e. The third-order valence-corrected chi connectivity index (χ3v) is 2.16. The Morgan fingerprint density at radius 1 is 1.41 bits per heavy atom. The van der Waals surface area contributed by atoms with Gasteiger partial charge >= 0.3 is 0 Å². The van der Waals surface area contributed by atoms with Crippen molar-refractivity contribution in [2.75, 3.05) is 27.3 Å². The van der Waals surface area contributed by atoms with Gasteiger partial charge < -0.3 is 20.7 Å². The molecule has 6 nitrogen and oxygen atoms in total. The maximum atomic E-state index is 11.7. The van der Waals surface area contributed by atoms with E-state index in [1.165, 1.54) is 4.90 Å². The van der Waals surface area contributed by atoms with Gasteiger partial charge in [0.1, 0.15) is 0 Å². The van der Waals surface area contributed by atoms with Gasteiger partial charge in [-0.15, -0.1) is 0 Å². The maximum Gasteiger partial charge on any atom is 0.239 e. The molecular formula is C11H23N3O3. The third-order valence-electron chi connectivity index (χ3n) is 2.16. The van der Waals surface area contributed by atoms with Crippen LogP contribution in [0.25, 0.3) is 0 Å². The van der Waals surface area contributed by atoms with Crippen molar-refractivity contribution in [3.05, 3.63) is 0 Å². The molecule has 1 unspecified atom stereocenters. The topological polar surface area (TPSA) is 84.7 Å². The summed E-state index contributed by atoms with van der Waals surface area (Å²) in [5.74, 6) is -0.434. The van der Waals surface area contributed by atoms with E-state index in [0.717, 1.165) is 0 Å². The molecule has 1 atom stereocenters. The van der Waals surface area contributed by atoms with E-state index in [9.17, 15) is 9.59 Å². The van der Waals surface area contributed by atoms with Crippen molar-refractivity contribution in [2.45, 2.75) is 32.4 Å². The van der Waals surface area contributed by atoms with Crippen LogP contribution in [0.2, 0.25) is 0 Å². The summed E-state index contributed by atoms with van der Waals surface area (Å²) in [7, 11) is 3.12. The molecule has 0 aliphatic rings. The summed E-state index contributed by atoms with van der Waals surface area (Å²) in [5, 5.41) is 2.71. The first-order chi connectivity index (χ1) is 7.88. The van der Waals surface area contributed by atoms with E-state index >= 15 is 0 Å². The van der Waals surface area contributed by atoms with Crippen LogP contribution in [0, 0.1) is 0 Å². The number of likely N-dealkylation sites (N-methyl/N-ethyl adjacent to an activating group) is 1. The summed E-state index contributed by atoms with van der Waals surface area (Å²) in [6.45, 7) is 4.19. The van der Waals surface area contributed by atoms with Gasteiger partial charge in [0.2, 0.25) is 11.8 Å². The van der Waals surface area contributed by atoms with Crippen LogP contribution in [-0.2, 0) is 14.3 Å². The molecule has 0 fully saturated rings. The third kappa shape index (κ3) is 6.91. The molecule has 0 spiro atoms. The molecule has 2 amide bonds. The number of rotatable bonds is 7. The second-order valence-corrected chi connectivity index (χ2v) is 4.30. The Bertz CT molecular complexity index is 256. The van der Waals surface area contributed by atoms with Crippen molar-refractivity contribution in [1.29, 1.82) is 0 Å². The Labute approximate surface area is 102 Å². The summed E-state index contributed by atoms with van der Waals surface area (Å²) in [6, 6.07) is -0.556. The minimum atomic E-state index is -0.619. The van der Waals surface area contributed by atoms with Crippen LogP contribution >= 0.6 is 0 Å². The van der Waals surface area contributed by atoms with Crippen LogP contribution in [0.15, 0.2) is 0 Å². The Balaban J connectivity index is 4.08. The van der Waals surface area contributed by atoms with Crippen LogP contribution in [-0.4, -0.2) is 56.1 Å². The van der Waals surface area contributed by atoms with Crippen LogP contribution in [0.3, 0.4) is 0 Å². The molecule has 0 aromatic heterocycles. The van der Waals surface area contributed by atoms with E-state index in [1.54, 1.807) is 14.2 Å². The van der Waals surface area contributed by atoms with Gasteiger partial charge in [-0.25, -0.2) is 0 Å². The number of nitrogens with two attached hydrogens (primary N) is 1. The highest BCUT2D eigenvalue weighted by Gasteiger charge is 2.19. The largest absolute Gasteiger partial charge is 0.385 e. The molecule has 100 valence electrons. The lowest BCUT2D eigenvalue weighted by Gasteiger charge is -2.21. The van der Waals surface area contributed by atoms with Crippen LogP contribution < -0.4 is 11.1 Å². The van der Waals surface area contributed by atoms with Crippen LogP contribution in [0.5, 0.6) is 0 Å². The predicted octanol–water partition coefficient (Wildman–Crippen LogP) is -0.667. The quantitative estimate of drug-likeness (QED) is 0.623. The molecule has 0 aromatic carbocycles. The van der Waals surface area contributed by atoms with Gasteiger partial charge in [-0.2, -0.15) is 0 Å². The molecule has 0 heterocycles. The fraction of sp³-hybridized carbons (Fsp3) is 0.818. The molecule has 0 aliphatic heterocycles. The zero-order valence-electron chi connectivity index (χ0n) is 11.0. The number of carbonyl (C=O) groups excluding carboxylic acids is 2. The molecule has 0 saturated carbocycles. The number of amides is 2. The lowest BCUT2D eigenvalue weighted by atomic mass is 10.2. The Morgan fingerprint density at radius 2 is 2.00 bits per heavy atom. The summed E-state index contributed by atoms with van der Waals surface area (Å²) in [4.78, 5) is 24.5. The summed E-state index contributed by atoms with van der Waals surface area (Å²) in [6.07, 6.45) is 0.450. The highest BCUT2D eigenvalue weighted by atomic mass is 16.5. The van der Waals surface area contributed by atoms with Crippen molar-refractivity contribution in [3.63, 3.8) is 0 Å². The SMILES string of the molecule is COCCC(N)C(=O)N(C)CC(=O)NC(C)C. The second kappa shape index (κ2) is 8.03. The van der Waals surface area contributed by atoms with Gasteiger partial charge in [0.05, 0.1) is 12.6 Å². The van der Waals surface area contributed by atoms with Crippen molar-refractivity contribution in [1.82, 2.24) is 10.2 Å². The Morgan fingerprint density at radius 3 is 2.47 bits per heavy atom. The Kier molecular flexibility index (Phi) is 7.49. The van der Waals surface area contributed by atoms with Crippen LogP contribution in [0.1, 0.15) is 20.3 Å². The highest BCUT2D eigenvalue weighted by Crippen LogP contribution is 1.95. The average molecular weight is 245 g/mol. The maximum absolute atomic E-state index is 11.7. The molecule has 0 aromatic rings. The highest BCUT2D eigenvalue weighted by molar-refractivity contribution is 5.87. The van der Waals surface area contributed by atoms with E-state index in [1.807, 2.05) is 13.8 Å². The van der Waals surface area contributed by atoms with Crippen molar-refractivity contribution in [3.8, 4) is 0 Å². The van der Waals surface area contributed by atoms with Crippen molar-refractivity contribution in [2.24, 2.45) is 5.73 Å². The van der Waals surface area contributed by atoms with Crippen molar-refractivity contribution < 1.29 is 14.3 Å². The fourth-order valence-corrected chi connectivity index (χ4v) is 1.31. The molecule has 0 bridgehead atoms. The monoisotopic (exact) mass is 245 g/mol. The first kappa shape index (κ1) is 15.9. The smallest absolute Gasteiger partial charge is 0.239 e. The standard InChI is InChI=1S/C11H23N3O3/c1-8(2)13-10(15)7-14(3)11(16)9(12)5-6-17-4/h8-9H,5-7,12H2,1-4H3,(H,13,15). The predicted molar refractivity (Wildman–Crippen MR) is 65.4 cm³/mol. The number of nitrogens with one attached hydrogen (secondary N) is 1. The Hall–Kier alpha value is -1.14. The number of ether oxygens (including phenoxy) is 1. The van der Waals surface area contributed by atoms with E-state index in [4.69, 9.17) is 10.5 Å². The molecular weight excluding hydrogens is 222 g/mol. The first-order valence-electron chi connectivity index (χ1n) is 5.67. The van der Waals surface area contributed by atoms with Gasteiger partial charge in [-0.05, 0) is 20.3 Å². The molecule has 3 N–H and O–H groups in total. The second-order valence-electron chi connectivity index (χ2n) is 4.30. The first-order valence-corrected chi connectivity index (χ1v) is 5.67. The van der Waals surface area contributed by atoms with E-state index in [-0.39, 0.29) is 24.4 Å². The van der Waals surface area contributed by atoms with Gasteiger partial charge in [0, 0.05) is 26.8 Å². The van der Waals surface area contributed by atoms with E-state index in [2.05, 4.69) is 5.32 Å². The molecule has 6 heteroatoms. The zero-order chi connectivity index (χ0) is 13.4. The van der Waals surface area contributed by atoms with Gasteiger partial charge in [0.25, 0.3) is 0 Å². The number of carbonyl (C=O) groups is 2. The van der Waals surface area contributed by atoms with Crippen LogP contribution in [0.4, 0.5) is 0 Å². The molecule has 0 rings (SSSR count). The van der Waals surface area contributed by atoms with Gasteiger partial charge in [-0.1, -0.05) is 0 Å². The number of nitrogens with zero attached hydrogens (tertiary/aromatic N) is 1. The van der Waals surface area contributed by atoms with E-state index < -0.39 is 6.04 Å². The van der Waals surface area contributed by atoms with Gasteiger partial charge in [0.15, 0.2) is 0 Å². The normalized spacial score (nSPS) is 12.4. The summed E-state index contributed by atoms with van der Waals surface area (Å²) in [5.41, 5.74) is 5.68. The molecule has 0 saturated heterocycles. The average Bonchev–Trinajstić information content (AvgIpc) is 2.23. The lowest BCUT2D eigenvalue weighted by molar-refractivity contribution is -0.136. The van der Waals surface area contributed by atoms with E-state index in [0.29, 0.717) is 13.0 Å². The lowest BCUT2D eigenvalue weighted by Crippen LogP contribution is -2.47. The van der Waals surface area contributed by atoms with Gasteiger partial charge in [-0.3, -0.25) is 9.59 Å². The summed E-state index contributed by atoms with van der Waals surface area (Å²) >= 11 is 0. The number of hydrogen-bond acceptors (Lipinski definition) is 4. The zero-order valence-corrected chi connectivity index (χ0v) is 11.0. The van der Waals surface area contributed by atoms with Crippen molar-refractivity contribution >= 4 is 11.8 Å². The number of hydrogen-bond donors (Lipinski definition) is 2. The summed E-state index contributed by atoms with van der Waals surface area (Å²) < 4.78 is 4.85. The molecule has 0 aliphatic carbocycles. The molecule has 17 heavy (non-hydrogen) atoms. The number of methoxy groups -OCH3 is 1.